The van der Waals surface area contributed by atoms with Crippen molar-refractivity contribution in [3.8, 4) is 0 Å². The first kappa shape index (κ1) is 10.1. The fourth-order valence-electron chi connectivity index (χ4n) is 1.86. The van der Waals surface area contributed by atoms with E-state index in [-0.39, 0.29) is 5.82 Å². The molecule has 3 heteroatoms. The van der Waals surface area contributed by atoms with Crippen LogP contribution in [0.15, 0.2) is 22.7 Å². The van der Waals surface area contributed by atoms with Crippen LogP contribution in [0.25, 0.3) is 11.0 Å². The lowest BCUT2D eigenvalue weighted by atomic mass is 9.99. The Morgan fingerprint density at radius 1 is 1.47 bits per heavy atom. The number of fused-ring (bicyclic) bond motifs is 1. The molecule has 0 saturated heterocycles. The summed E-state index contributed by atoms with van der Waals surface area (Å²) < 4.78 is 18.0. The number of halogens is 1. The number of hydrogen-bond acceptors (Lipinski definition) is 2. The molecule has 2 rings (SSSR count). The average molecular weight is 207 g/mol. The Labute approximate surface area is 88.1 Å². The minimum atomic E-state index is -0.284. The molecule has 0 N–H and O–H groups in total. The maximum absolute atomic E-state index is 12.9. The van der Waals surface area contributed by atoms with E-state index in [1.165, 1.54) is 12.1 Å². The van der Waals surface area contributed by atoms with Crippen molar-refractivity contribution in [3.05, 3.63) is 29.7 Å². The zero-order valence-electron chi connectivity index (χ0n) is 8.96. The fraction of sp³-hybridized carbons (Fsp3) is 0.417. The Morgan fingerprint density at radius 3 is 3.00 bits per heavy atom. The quantitative estimate of drug-likeness (QED) is 0.763. The summed E-state index contributed by atoms with van der Waals surface area (Å²) >= 11 is 0. The van der Waals surface area contributed by atoms with Gasteiger partial charge < -0.3 is 4.52 Å². The van der Waals surface area contributed by atoms with E-state index in [1.54, 1.807) is 6.07 Å². The van der Waals surface area contributed by atoms with Gasteiger partial charge in [-0.1, -0.05) is 25.4 Å². The molecule has 0 aliphatic rings. The van der Waals surface area contributed by atoms with E-state index >= 15 is 0 Å². The summed E-state index contributed by atoms with van der Waals surface area (Å²) in [5.74, 6) is 0.0788. The molecule has 1 aromatic carbocycles. The first-order valence-corrected chi connectivity index (χ1v) is 5.27. The standard InChI is InChI=1S/C12H14FNO/c1-3-4-8(2)12-10-6-5-9(13)7-11(10)15-14-12/h5-8H,3-4H2,1-2H3. The second kappa shape index (κ2) is 4.01. The van der Waals surface area contributed by atoms with Crippen molar-refractivity contribution in [2.45, 2.75) is 32.6 Å². The van der Waals surface area contributed by atoms with E-state index in [4.69, 9.17) is 4.52 Å². The van der Waals surface area contributed by atoms with Gasteiger partial charge in [0.25, 0.3) is 0 Å². The summed E-state index contributed by atoms with van der Waals surface area (Å²) in [6, 6.07) is 4.56. The van der Waals surface area contributed by atoms with E-state index in [0.29, 0.717) is 11.5 Å². The Bertz CT molecular complexity index is 464. The third kappa shape index (κ3) is 1.87. The average Bonchev–Trinajstić information content (AvgIpc) is 2.60. The van der Waals surface area contributed by atoms with Gasteiger partial charge in [0.15, 0.2) is 5.58 Å². The molecule has 0 bridgehead atoms. The van der Waals surface area contributed by atoms with E-state index in [1.807, 2.05) is 0 Å². The number of nitrogens with zero attached hydrogens (tertiary/aromatic N) is 1. The van der Waals surface area contributed by atoms with Crippen LogP contribution in [0.5, 0.6) is 0 Å². The lowest BCUT2D eigenvalue weighted by Gasteiger charge is -2.05. The van der Waals surface area contributed by atoms with Gasteiger partial charge in [-0.2, -0.15) is 0 Å². The molecule has 0 spiro atoms. The molecular formula is C12H14FNO. The molecule has 0 fully saturated rings. The van der Waals surface area contributed by atoms with E-state index in [2.05, 4.69) is 19.0 Å². The Balaban J connectivity index is 2.44. The van der Waals surface area contributed by atoms with Crippen LogP contribution in [-0.2, 0) is 0 Å². The molecule has 80 valence electrons. The van der Waals surface area contributed by atoms with Crippen LogP contribution in [0, 0.1) is 5.82 Å². The van der Waals surface area contributed by atoms with Crippen LogP contribution >= 0.6 is 0 Å². The summed E-state index contributed by atoms with van der Waals surface area (Å²) in [5, 5.41) is 4.94. The molecule has 0 amide bonds. The van der Waals surface area contributed by atoms with Crippen LogP contribution in [-0.4, -0.2) is 5.16 Å². The molecule has 0 aliphatic heterocycles. The molecule has 0 saturated carbocycles. The highest BCUT2D eigenvalue weighted by Gasteiger charge is 2.14. The molecule has 15 heavy (non-hydrogen) atoms. The van der Waals surface area contributed by atoms with E-state index in [9.17, 15) is 4.39 Å². The highest BCUT2D eigenvalue weighted by molar-refractivity contribution is 5.79. The molecule has 2 aromatic rings. The van der Waals surface area contributed by atoms with Crippen molar-refractivity contribution in [3.63, 3.8) is 0 Å². The highest BCUT2D eigenvalue weighted by Crippen LogP contribution is 2.27. The summed E-state index contributed by atoms with van der Waals surface area (Å²) in [7, 11) is 0. The van der Waals surface area contributed by atoms with Gasteiger partial charge in [-0.3, -0.25) is 0 Å². The minimum Gasteiger partial charge on any atom is -0.356 e. The highest BCUT2D eigenvalue weighted by atomic mass is 19.1. The van der Waals surface area contributed by atoms with E-state index < -0.39 is 0 Å². The first-order valence-electron chi connectivity index (χ1n) is 5.27. The lowest BCUT2D eigenvalue weighted by molar-refractivity contribution is 0.434. The predicted molar refractivity (Wildman–Crippen MR) is 57.3 cm³/mol. The Hall–Kier alpha value is -1.38. The topological polar surface area (TPSA) is 26.0 Å². The van der Waals surface area contributed by atoms with Gasteiger partial charge >= 0.3 is 0 Å². The summed E-state index contributed by atoms with van der Waals surface area (Å²) in [4.78, 5) is 0. The normalized spacial score (nSPS) is 13.3. The van der Waals surface area contributed by atoms with Crippen molar-refractivity contribution in [2.75, 3.05) is 0 Å². The zero-order chi connectivity index (χ0) is 10.8. The molecule has 0 radical (unpaired) electrons. The Morgan fingerprint density at radius 2 is 2.27 bits per heavy atom. The first-order chi connectivity index (χ1) is 7.22. The summed E-state index contributed by atoms with van der Waals surface area (Å²) in [6.07, 6.45) is 2.18. The molecule has 2 nitrogen and oxygen atoms in total. The van der Waals surface area contributed by atoms with Gasteiger partial charge in [-0.25, -0.2) is 4.39 Å². The smallest absolute Gasteiger partial charge is 0.170 e. The van der Waals surface area contributed by atoms with Crippen LogP contribution < -0.4 is 0 Å². The lowest BCUT2D eigenvalue weighted by Crippen LogP contribution is -1.93. The van der Waals surface area contributed by atoms with Crippen LogP contribution in [0.1, 0.15) is 38.3 Å². The molecule has 1 aromatic heterocycles. The monoisotopic (exact) mass is 207 g/mol. The Kier molecular flexibility index (Phi) is 2.71. The van der Waals surface area contributed by atoms with Crippen molar-refractivity contribution in [1.29, 1.82) is 0 Å². The maximum atomic E-state index is 12.9. The van der Waals surface area contributed by atoms with Crippen LogP contribution in [0.3, 0.4) is 0 Å². The SMILES string of the molecule is CCCC(C)c1noc2cc(F)ccc12. The number of hydrogen-bond donors (Lipinski definition) is 0. The molecule has 0 aliphatic carbocycles. The largest absolute Gasteiger partial charge is 0.356 e. The number of rotatable bonds is 3. The fourth-order valence-corrected chi connectivity index (χ4v) is 1.86. The second-order valence-corrected chi connectivity index (χ2v) is 3.90. The summed E-state index contributed by atoms with van der Waals surface area (Å²) in [5.41, 5.74) is 1.47. The van der Waals surface area contributed by atoms with Crippen molar-refractivity contribution in [1.82, 2.24) is 5.16 Å². The van der Waals surface area contributed by atoms with E-state index in [0.717, 1.165) is 23.9 Å². The third-order valence-electron chi connectivity index (χ3n) is 2.65. The van der Waals surface area contributed by atoms with Crippen LogP contribution in [0.4, 0.5) is 4.39 Å². The molecular weight excluding hydrogens is 193 g/mol. The van der Waals surface area contributed by atoms with Gasteiger partial charge in [0.1, 0.15) is 5.82 Å². The van der Waals surface area contributed by atoms with Crippen LogP contribution in [0.2, 0.25) is 0 Å². The summed E-state index contributed by atoms with van der Waals surface area (Å²) in [6.45, 7) is 4.25. The van der Waals surface area contributed by atoms with Gasteiger partial charge in [-0.05, 0) is 18.6 Å². The van der Waals surface area contributed by atoms with Gasteiger partial charge in [0.05, 0.1) is 5.69 Å². The van der Waals surface area contributed by atoms with Gasteiger partial charge in [-0.15, -0.1) is 0 Å². The van der Waals surface area contributed by atoms with Gasteiger partial charge in [0.2, 0.25) is 0 Å². The maximum Gasteiger partial charge on any atom is 0.170 e. The van der Waals surface area contributed by atoms with Crippen molar-refractivity contribution >= 4 is 11.0 Å². The zero-order valence-corrected chi connectivity index (χ0v) is 8.96. The third-order valence-corrected chi connectivity index (χ3v) is 2.65. The molecule has 1 heterocycles. The minimum absolute atomic E-state index is 0.284. The van der Waals surface area contributed by atoms with Crippen molar-refractivity contribution < 1.29 is 8.91 Å². The molecule has 1 atom stereocenters. The number of aromatic nitrogens is 1. The number of benzene rings is 1. The van der Waals surface area contributed by atoms with Gasteiger partial charge in [0, 0.05) is 17.4 Å². The van der Waals surface area contributed by atoms with Crippen molar-refractivity contribution in [2.24, 2.45) is 0 Å². The predicted octanol–water partition coefficient (Wildman–Crippen LogP) is 3.87. The second-order valence-electron chi connectivity index (χ2n) is 3.90. The molecule has 1 unspecified atom stereocenters.